The fourth-order valence-corrected chi connectivity index (χ4v) is 3.59. The van der Waals surface area contributed by atoms with Gasteiger partial charge >= 0.3 is 5.97 Å². The average Bonchev–Trinajstić information content (AvgIpc) is 2.84. The zero-order valence-electron chi connectivity index (χ0n) is 16.0. The average molecular weight is 369 g/mol. The van der Waals surface area contributed by atoms with E-state index < -0.39 is 18.2 Å². The van der Waals surface area contributed by atoms with Crippen molar-refractivity contribution in [2.24, 2.45) is 11.8 Å². The molecule has 0 aromatic rings. The minimum absolute atomic E-state index is 0.0331. The molecule has 0 aliphatic heterocycles. The lowest BCUT2D eigenvalue weighted by Gasteiger charge is -2.19. The summed E-state index contributed by atoms with van der Waals surface area (Å²) in [6.45, 7) is 2.14. The molecule has 1 saturated carbocycles. The van der Waals surface area contributed by atoms with Crippen molar-refractivity contribution < 1.29 is 25.2 Å². The highest BCUT2D eigenvalue weighted by atomic mass is 16.4. The highest BCUT2D eigenvalue weighted by Gasteiger charge is 2.39. The molecule has 5 atom stereocenters. The molecule has 1 aliphatic carbocycles. The van der Waals surface area contributed by atoms with Crippen LogP contribution >= 0.6 is 0 Å². The summed E-state index contributed by atoms with van der Waals surface area (Å²) < 4.78 is 0. The van der Waals surface area contributed by atoms with Crippen molar-refractivity contribution in [2.75, 3.05) is 0 Å². The second-order valence-corrected chi connectivity index (χ2v) is 7.42. The predicted octanol–water partition coefficient (Wildman–Crippen LogP) is 3.43. The minimum Gasteiger partial charge on any atom is -0.481 e. The second kappa shape index (κ2) is 13.1. The lowest BCUT2D eigenvalue weighted by atomic mass is 9.89. The molecule has 4 N–H and O–H groups in total. The van der Waals surface area contributed by atoms with Crippen LogP contribution in [0.2, 0.25) is 0 Å². The van der Waals surface area contributed by atoms with E-state index in [1.54, 1.807) is 0 Å². The predicted molar refractivity (Wildman–Crippen MR) is 103 cm³/mol. The van der Waals surface area contributed by atoms with Crippen molar-refractivity contribution in [1.82, 2.24) is 0 Å². The number of allylic oxidation sites excluding steroid dienone is 2. The molecule has 0 heterocycles. The highest BCUT2D eigenvalue weighted by molar-refractivity contribution is 5.66. The van der Waals surface area contributed by atoms with Crippen LogP contribution < -0.4 is 0 Å². The molecule has 5 heteroatoms. The van der Waals surface area contributed by atoms with E-state index >= 15 is 0 Å². The standard InChI is InChI=1S/C21H36O5/c1-2-3-6-10-16(22)11-9-13-18-17(19(23)15-20(18)24)12-7-4-5-8-14-21(25)26/h4,7,9,13,16-20,22-24H,2-3,5-6,8,10-12,14-15H2,1H3,(H,25,26)/b7-4-,13-9+/t16-,17+,18+,19-,20+/m0/s1. The third-order valence-electron chi connectivity index (χ3n) is 5.16. The van der Waals surface area contributed by atoms with Gasteiger partial charge in [0.15, 0.2) is 0 Å². The quantitative estimate of drug-likeness (QED) is 0.295. The van der Waals surface area contributed by atoms with Gasteiger partial charge < -0.3 is 20.4 Å². The number of aliphatic hydroxyl groups excluding tert-OH is 3. The highest BCUT2D eigenvalue weighted by Crippen LogP contribution is 2.36. The monoisotopic (exact) mass is 368 g/mol. The van der Waals surface area contributed by atoms with E-state index in [4.69, 9.17) is 5.11 Å². The van der Waals surface area contributed by atoms with Gasteiger partial charge in [-0.2, -0.15) is 0 Å². The Morgan fingerprint density at radius 2 is 1.88 bits per heavy atom. The van der Waals surface area contributed by atoms with Crippen LogP contribution in [0.5, 0.6) is 0 Å². The molecule has 0 amide bonds. The molecule has 0 saturated heterocycles. The summed E-state index contributed by atoms with van der Waals surface area (Å²) in [5, 5.41) is 39.0. The first-order valence-electron chi connectivity index (χ1n) is 10.0. The van der Waals surface area contributed by atoms with E-state index in [0.29, 0.717) is 32.1 Å². The van der Waals surface area contributed by atoms with Gasteiger partial charge in [-0.25, -0.2) is 0 Å². The zero-order chi connectivity index (χ0) is 19.4. The first-order valence-corrected chi connectivity index (χ1v) is 10.0. The number of aliphatic carboxylic acids is 1. The molecule has 0 bridgehead atoms. The van der Waals surface area contributed by atoms with Crippen LogP contribution in [-0.4, -0.2) is 44.7 Å². The molecule has 0 radical (unpaired) electrons. The number of aliphatic hydroxyl groups is 3. The Kier molecular flexibility index (Phi) is 11.5. The van der Waals surface area contributed by atoms with Gasteiger partial charge in [-0.3, -0.25) is 4.79 Å². The Balaban J connectivity index is 2.42. The topological polar surface area (TPSA) is 98.0 Å². The fourth-order valence-electron chi connectivity index (χ4n) is 3.59. The molecule has 26 heavy (non-hydrogen) atoms. The number of carboxylic acid groups (broad SMARTS) is 1. The first kappa shape index (κ1) is 22.9. The SMILES string of the molecule is CCCCC[C@H](O)C/C=C/[C@@H]1[C@@H](C/C=C\CCCC(=O)O)[C@@H](O)C[C@H]1O. The maximum absolute atomic E-state index is 10.5. The van der Waals surface area contributed by atoms with Gasteiger partial charge in [0.25, 0.3) is 0 Å². The maximum atomic E-state index is 10.5. The van der Waals surface area contributed by atoms with Crippen LogP contribution in [0.15, 0.2) is 24.3 Å². The van der Waals surface area contributed by atoms with Gasteiger partial charge in [0.2, 0.25) is 0 Å². The Labute approximate surface area is 157 Å². The Bertz CT molecular complexity index is 446. The van der Waals surface area contributed by atoms with Crippen molar-refractivity contribution in [3.8, 4) is 0 Å². The third kappa shape index (κ3) is 8.97. The number of carboxylic acids is 1. The maximum Gasteiger partial charge on any atom is 0.303 e. The lowest BCUT2D eigenvalue weighted by molar-refractivity contribution is -0.137. The molecule has 1 rings (SSSR count). The van der Waals surface area contributed by atoms with Gasteiger partial charge in [-0.05, 0) is 38.0 Å². The van der Waals surface area contributed by atoms with Gasteiger partial charge in [-0.1, -0.05) is 50.5 Å². The first-order chi connectivity index (χ1) is 12.5. The van der Waals surface area contributed by atoms with Crippen LogP contribution in [0.3, 0.4) is 0 Å². The molecule has 5 nitrogen and oxygen atoms in total. The second-order valence-electron chi connectivity index (χ2n) is 7.42. The van der Waals surface area contributed by atoms with Crippen LogP contribution in [0.1, 0.15) is 71.1 Å². The summed E-state index contributed by atoms with van der Waals surface area (Å²) >= 11 is 0. The van der Waals surface area contributed by atoms with Crippen molar-refractivity contribution >= 4 is 5.97 Å². The summed E-state index contributed by atoms with van der Waals surface area (Å²) in [5.41, 5.74) is 0. The minimum atomic E-state index is -0.783. The molecule has 0 aromatic carbocycles. The molecule has 1 fully saturated rings. The summed E-state index contributed by atoms with van der Waals surface area (Å²) in [5.74, 6) is -0.916. The summed E-state index contributed by atoms with van der Waals surface area (Å²) in [4.78, 5) is 10.5. The Hall–Kier alpha value is -1.17. The van der Waals surface area contributed by atoms with E-state index in [9.17, 15) is 20.1 Å². The van der Waals surface area contributed by atoms with E-state index in [-0.39, 0.29) is 24.4 Å². The van der Waals surface area contributed by atoms with Gasteiger partial charge in [0.05, 0.1) is 18.3 Å². The van der Waals surface area contributed by atoms with E-state index in [2.05, 4.69) is 6.92 Å². The van der Waals surface area contributed by atoms with Gasteiger partial charge in [0, 0.05) is 18.8 Å². The van der Waals surface area contributed by atoms with Crippen molar-refractivity contribution in [3.63, 3.8) is 0 Å². The van der Waals surface area contributed by atoms with Crippen LogP contribution in [-0.2, 0) is 4.79 Å². The molecular formula is C21H36O5. The Morgan fingerprint density at radius 1 is 1.12 bits per heavy atom. The summed E-state index contributed by atoms with van der Waals surface area (Å²) in [6, 6.07) is 0. The van der Waals surface area contributed by atoms with Crippen molar-refractivity contribution in [2.45, 2.75) is 89.4 Å². The van der Waals surface area contributed by atoms with E-state index in [1.165, 1.54) is 0 Å². The zero-order valence-corrected chi connectivity index (χ0v) is 16.0. The third-order valence-corrected chi connectivity index (χ3v) is 5.16. The van der Waals surface area contributed by atoms with E-state index in [0.717, 1.165) is 25.7 Å². The van der Waals surface area contributed by atoms with Crippen LogP contribution in [0.25, 0.3) is 0 Å². The molecule has 0 spiro atoms. The number of hydrogen-bond donors (Lipinski definition) is 4. The van der Waals surface area contributed by atoms with Crippen molar-refractivity contribution in [1.29, 1.82) is 0 Å². The molecular weight excluding hydrogens is 332 g/mol. The molecule has 1 aliphatic rings. The van der Waals surface area contributed by atoms with Gasteiger partial charge in [-0.15, -0.1) is 0 Å². The summed E-state index contributed by atoms with van der Waals surface area (Å²) in [7, 11) is 0. The fraction of sp³-hybridized carbons (Fsp3) is 0.762. The number of unbranched alkanes of at least 4 members (excludes halogenated alkanes) is 3. The van der Waals surface area contributed by atoms with Gasteiger partial charge in [0.1, 0.15) is 0 Å². The number of hydrogen-bond acceptors (Lipinski definition) is 4. The summed E-state index contributed by atoms with van der Waals surface area (Å²) in [6.07, 6.45) is 13.6. The largest absolute Gasteiger partial charge is 0.481 e. The number of rotatable bonds is 13. The molecule has 0 unspecified atom stereocenters. The van der Waals surface area contributed by atoms with Crippen LogP contribution in [0.4, 0.5) is 0 Å². The number of carbonyl (C=O) groups is 1. The molecule has 0 aromatic heterocycles. The normalized spacial score (nSPS) is 27.5. The van der Waals surface area contributed by atoms with E-state index in [1.807, 2.05) is 24.3 Å². The molecule has 150 valence electrons. The lowest BCUT2D eigenvalue weighted by Crippen LogP contribution is -2.20. The Morgan fingerprint density at radius 3 is 2.58 bits per heavy atom. The smallest absolute Gasteiger partial charge is 0.303 e. The van der Waals surface area contributed by atoms with Crippen LogP contribution in [0, 0.1) is 11.8 Å². The van der Waals surface area contributed by atoms with Crippen molar-refractivity contribution in [3.05, 3.63) is 24.3 Å².